The van der Waals surface area contributed by atoms with Crippen LogP contribution in [0.2, 0.25) is 0 Å². The lowest BCUT2D eigenvalue weighted by Gasteiger charge is -2.27. The SMILES string of the molecule is CN(C)CCCNCCCNC(=O)CCNC(=O)[C@H](O)C(C)(C)CO. The van der Waals surface area contributed by atoms with Crippen LogP contribution in [0.1, 0.15) is 33.1 Å². The molecule has 0 aromatic carbocycles. The number of carbonyl (C=O) groups excluding carboxylic acids is 2. The van der Waals surface area contributed by atoms with Crippen LogP contribution in [0.15, 0.2) is 0 Å². The second-order valence-electron chi connectivity index (χ2n) is 7.20. The van der Waals surface area contributed by atoms with Crippen LogP contribution in [0.4, 0.5) is 0 Å². The molecule has 25 heavy (non-hydrogen) atoms. The molecule has 0 saturated carbocycles. The zero-order valence-electron chi connectivity index (χ0n) is 16.1. The first kappa shape index (κ1) is 23.8. The smallest absolute Gasteiger partial charge is 0.249 e. The van der Waals surface area contributed by atoms with E-state index in [1.54, 1.807) is 13.8 Å². The van der Waals surface area contributed by atoms with Crippen LogP contribution in [0.5, 0.6) is 0 Å². The van der Waals surface area contributed by atoms with Crippen molar-refractivity contribution in [1.29, 1.82) is 0 Å². The highest BCUT2D eigenvalue weighted by Crippen LogP contribution is 2.19. The van der Waals surface area contributed by atoms with Gasteiger partial charge in [-0.15, -0.1) is 0 Å². The number of hydrogen-bond donors (Lipinski definition) is 5. The van der Waals surface area contributed by atoms with E-state index in [-0.39, 0.29) is 25.5 Å². The molecule has 2 amide bonds. The maximum atomic E-state index is 11.7. The third kappa shape index (κ3) is 11.9. The molecule has 0 spiro atoms. The van der Waals surface area contributed by atoms with Gasteiger partial charge in [0, 0.05) is 24.9 Å². The van der Waals surface area contributed by atoms with Crippen molar-refractivity contribution in [3.05, 3.63) is 0 Å². The number of amides is 2. The van der Waals surface area contributed by atoms with Crippen LogP contribution in [-0.4, -0.2) is 86.5 Å². The van der Waals surface area contributed by atoms with Crippen LogP contribution in [-0.2, 0) is 9.59 Å². The Labute approximate surface area is 151 Å². The second kappa shape index (κ2) is 13.0. The molecule has 0 heterocycles. The summed E-state index contributed by atoms with van der Waals surface area (Å²) in [6, 6.07) is 0. The van der Waals surface area contributed by atoms with Crippen molar-refractivity contribution in [3.8, 4) is 0 Å². The van der Waals surface area contributed by atoms with E-state index in [2.05, 4.69) is 20.9 Å². The van der Waals surface area contributed by atoms with E-state index in [1.807, 2.05) is 14.1 Å². The summed E-state index contributed by atoms with van der Waals surface area (Å²) in [6.07, 6.45) is 0.801. The van der Waals surface area contributed by atoms with E-state index in [0.29, 0.717) is 6.54 Å². The normalized spacial score (nSPS) is 12.9. The van der Waals surface area contributed by atoms with Crippen molar-refractivity contribution in [2.24, 2.45) is 5.41 Å². The molecule has 0 bridgehead atoms. The third-order valence-corrected chi connectivity index (χ3v) is 3.86. The van der Waals surface area contributed by atoms with Crippen LogP contribution >= 0.6 is 0 Å². The fourth-order valence-corrected chi connectivity index (χ4v) is 2.01. The van der Waals surface area contributed by atoms with Crippen molar-refractivity contribution in [3.63, 3.8) is 0 Å². The molecular formula is C17H36N4O4. The zero-order valence-corrected chi connectivity index (χ0v) is 16.1. The number of nitrogens with one attached hydrogen (secondary N) is 3. The molecule has 0 aromatic heterocycles. The van der Waals surface area contributed by atoms with Gasteiger partial charge in [-0.1, -0.05) is 13.8 Å². The Balaban J connectivity index is 3.63. The van der Waals surface area contributed by atoms with Crippen molar-refractivity contribution < 1.29 is 19.8 Å². The summed E-state index contributed by atoms with van der Waals surface area (Å²) in [5, 5.41) is 27.6. The summed E-state index contributed by atoms with van der Waals surface area (Å²) in [5.41, 5.74) is -0.911. The Morgan fingerprint density at radius 1 is 1.04 bits per heavy atom. The van der Waals surface area contributed by atoms with E-state index < -0.39 is 17.4 Å². The Bertz CT molecular complexity index is 389. The summed E-state index contributed by atoms with van der Waals surface area (Å²) in [4.78, 5) is 25.6. The first-order valence-electron chi connectivity index (χ1n) is 8.89. The molecule has 0 rings (SSSR count). The second-order valence-corrected chi connectivity index (χ2v) is 7.20. The van der Waals surface area contributed by atoms with Gasteiger partial charge >= 0.3 is 0 Å². The molecule has 0 fully saturated rings. The highest BCUT2D eigenvalue weighted by atomic mass is 16.3. The number of rotatable bonds is 14. The van der Waals surface area contributed by atoms with Gasteiger partial charge in [0.2, 0.25) is 11.8 Å². The lowest BCUT2D eigenvalue weighted by Crippen LogP contribution is -2.46. The number of nitrogens with zero attached hydrogens (tertiary/aromatic N) is 1. The average Bonchev–Trinajstić information content (AvgIpc) is 2.56. The predicted molar refractivity (Wildman–Crippen MR) is 98.2 cm³/mol. The quantitative estimate of drug-likeness (QED) is 0.252. The molecule has 0 aromatic rings. The summed E-state index contributed by atoms with van der Waals surface area (Å²) in [7, 11) is 4.10. The van der Waals surface area contributed by atoms with Gasteiger partial charge in [-0.3, -0.25) is 9.59 Å². The molecule has 0 saturated heterocycles. The number of aliphatic hydroxyl groups is 2. The van der Waals surface area contributed by atoms with Crippen LogP contribution in [0.25, 0.3) is 0 Å². The van der Waals surface area contributed by atoms with Gasteiger partial charge in [0.1, 0.15) is 6.10 Å². The Morgan fingerprint density at radius 3 is 2.28 bits per heavy atom. The van der Waals surface area contributed by atoms with Crippen molar-refractivity contribution in [2.45, 2.75) is 39.2 Å². The molecule has 148 valence electrons. The molecule has 1 atom stereocenters. The predicted octanol–water partition coefficient (Wildman–Crippen LogP) is -1.08. The van der Waals surface area contributed by atoms with Gasteiger partial charge in [0.15, 0.2) is 0 Å². The topological polar surface area (TPSA) is 114 Å². The minimum atomic E-state index is -1.31. The lowest BCUT2D eigenvalue weighted by molar-refractivity contribution is -0.137. The van der Waals surface area contributed by atoms with Gasteiger partial charge in [0.25, 0.3) is 0 Å². The maximum Gasteiger partial charge on any atom is 0.249 e. The highest BCUT2D eigenvalue weighted by Gasteiger charge is 2.32. The number of carbonyl (C=O) groups is 2. The van der Waals surface area contributed by atoms with E-state index >= 15 is 0 Å². The molecule has 0 aliphatic heterocycles. The summed E-state index contributed by atoms with van der Waals surface area (Å²) in [6.45, 7) is 6.51. The van der Waals surface area contributed by atoms with Gasteiger partial charge in [0.05, 0.1) is 6.61 Å². The summed E-state index contributed by atoms with van der Waals surface area (Å²) >= 11 is 0. The Morgan fingerprint density at radius 2 is 1.68 bits per heavy atom. The minimum Gasteiger partial charge on any atom is -0.396 e. The van der Waals surface area contributed by atoms with Crippen LogP contribution in [0.3, 0.4) is 0 Å². The molecular weight excluding hydrogens is 324 g/mol. The Kier molecular flexibility index (Phi) is 12.4. The third-order valence-electron chi connectivity index (χ3n) is 3.86. The summed E-state index contributed by atoms with van der Waals surface area (Å²) < 4.78 is 0. The zero-order chi connectivity index (χ0) is 19.3. The van der Waals surface area contributed by atoms with Crippen molar-refractivity contribution in [2.75, 3.05) is 53.4 Å². The first-order chi connectivity index (χ1) is 11.7. The highest BCUT2D eigenvalue weighted by molar-refractivity contribution is 5.82. The number of hydrogen-bond acceptors (Lipinski definition) is 6. The first-order valence-corrected chi connectivity index (χ1v) is 8.89. The fraction of sp³-hybridized carbons (Fsp3) is 0.882. The molecule has 0 aliphatic carbocycles. The van der Waals surface area contributed by atoms with Gasteiger partial charge < -0.3 is 31.1 Å². The standard InChI is InChI=1S/C17H36N4O4/c1-17(2,13-22)15(24)16(25)20-11-7-14(23)19-10-5-8-18-9-6-12-21(3)4/h15,18,22,24H,5-13H2,1-4H3,(H,19,23)(H,20,25)/t15-/m0/s1. The Hall–Kier alpha value is -1.22. The minimum absolute atomic E-state index is 0.135. The van der Waals surface area contributed by atoms with Crippen molar-refractivity contribution >= 4 is 11.8 Å². The average molecular weight is 360 g/mol. The molecule has 8 heteroatoms. The van der Waals surface area contributed by atoms with E-state index in [0.717, 1.165) is 32.5 Å². The van der Waals surface area contributed by atoms with Gasteiger partial charge in [-0.05, 0) is 46.6 Å². The summed E-state index contributed by atoms with van der Waals surface area (Å²) in [5.74, 6) is -0.711. The van der Waals surface area contributed by atoms with E-state index in [9.17, 15) is 14.7 Å². The van der Waals surface area contributed by atoms with E-state index in [1.165, 1.54) is 0 Å². The van der Waals surface area contributed by atoms with Crippen molar-refractivity contribution in [1.82, 2.24) is 20.9 Å². The molecule has 0 radical (unpaired) electrons. The van der Waals surface area contributed by atoms with E-state index in [4.69, 9.17) is 5.11 Å². The molecule has 0 unspecified atom stereocenters. The van der Waals surface area contributed by atoms with Crippen LogP contribution < -0.4 is 16.0 Å². The van der Waals surface area contributed by atoms with Crippen LogP contribution in [0, 0.1) is 5.41 Å². The molecule has 5 N–H and O–H groups in total. The lowest BCUT2D eigenvalue weighted by atomic mass is 9.87. The maximum absolute atomic E-state index is 11.7. The van der Waals surface area contributed by atoms with Gasteiger partial charge in [-0.25, -0.2) is 0 Å². The molecule has 0 aliphatic rings. The number of aliphatic hydroxyl groups excluding tert-OH is 2. The van der Waals surface area contributed by atoms with Gasteiger partial charge in [-0.2, -0.15) is 0 Å². The largest absolute Gasteiger partial charge is 0.396 e. The molecule has 8 nitrogen and oxygen atoms in total. The fourth-order valence-electron chi connectivity index (χ4n) is 2.01. The monoisotopic (exact) mass is 360 g/mol.